The van der Waals surface area contributed by atoms with Gasteiger partial charge in [0.25, 0.3) is 0 Å². The lowest BCUT2D eigenvalue weighted by atomic mass is 9.94. The maximum atomic E-state index is 12.3. The Morgan fingerprint density at radius 1 is 1.50 bits per heavy atom. The fraction of sp³-hybridized carbons (Fsp3) is 0.923. The van der Waals surface area contributed by atoms with Gasteiger partial charge in [0.15, 0.2) is 9.84 Å². The van der Waals surface area contributed by atoms with Crippen molar-refractivity contribution in [2.45, 2.75) is 37.8 Å². The molecule has 2 aliphatic rings. The van der Waals surface area contributed by atoms with E-state index in [1.807, 2.05) is 6.92 Å². The van der Waals surface area contributed by atoms with Gasteiger partial charge in [-0.1, -0.05) is 0 Å². The zero-order valence-electron chi connectivity index (χ0n) is 12.2. The van der Waals surface area contributed by atoms with Crippen LogP contribution in [0.5, 0.6) is 0 Å². The monoisotopic (exact) mass is 304 g/mol. The van der Waals surface area contributed by atoms with Crippen LogP contribution in [0.3, 0.4) is 0 Å². The van der Waals surface area contributed by atoms with Gasteiger partial charge in [-0.2, -0.15) is 0 Å². The van der Waals surface area contributed by atoms with Crippen LogP contribution in [-0.4, -0.2) is 69.1 Å². The number of sulfone groups is 1. The highest BCUT2D eigenvalue weighted by Gasteiger charge is 2.34. The van der Waals surface area contributed by atoms with Gasteiger partial charge in [0, 0.05) is 39.2 Å². The van der Waals surface area contributed by atoms with E-state index >= 15 is 0 Å². The number of hydrogen-bond donors (Lipinski definition) is 1. The summed E-state index contributed by atoms with van der Waals surface area (Å²) in [7, 11) is -1.32. The van der Waals surface area contributed by atoms with Crippen LogP contribution in [0.15, 0.2) is 0 Å². The van der Waals surface area contributed by atoms with Crippen LogP contribution < -0.4 is 5.32 Å². The van der Waals surface area contributed by atoms with Crippen molar-refractivity contribution in [3.8, 4) is 0 Å². The maximum absolute atomic E-state index is 12.3. The molecular weight excluding hydrogens is 280 g/mol. The Kier molecular flexibility index (Phi) is 4.71. The van der Waals surface area contributed by atoms with E-state index in [0.717, 1.165) is 19.4 Å². The average Bonchev–Trinajstić information content (AvgIpc) is 2.37. The summed E-state index contributed by atoms with van der Waals surface area (Å²) in [5.41, 5.74) is -0.278. The molecule has 6 nitrogen and oxygen atoms in total. The Hall–Kier alpha value is -0.660. The first-order valence-corrected chi connectivity index (χ1v) is 8.92. The molecule has 116 valence electrons. The molecule has 0 aromatic carbocycles. The average molecular weight is 304 g/mol. The lowest BCUT2D eigenvalue weighted by Gasteiger charge is -2.40. The highest BCUT2D eigenvalue weighted by molar-refractivity contribution is 7.91. The largest absolute Gasteiger partial charge is 0.377 e. The second kappa shape index (κ2) is 5.99. The predicted molar refractivity (Wildman–Crippen MR) is 76.3 cm³/mol. The van der Waals surface area contributed by atoms with Crippen molar-refractivity contribution in [2.24, 2.45) is 0 Å². The summed E-state index contributed by atoms with van der Waals surface area (Å²) in [6.45, 7) is 3.77. The molecule has 2 rings (SSSR count). The van der Waals surface area contributed by atoms with E-state index in [-0.39, 0.29) is 35.5 Å². The third-order valence-electron chi connectivity index (χ3n) is 4.23. The molecule has 2 aliphatic heterocycles. The molecule has 2 unspecified atom stereocenters. The topological polar surface area (TPSA) is 75.7 Å². The van der Waals surface area contributed by atoms with Gasteiger partial charge in [0.2, 0.25) is 5.91 Å². The number of nitrogens with zero attached hydrogens (tertiary/aromatic N) is 1. The molecule has 2 atom stereocenters. The number of rotatable bonds is 3. The Morgan fingerprint density at radius 3 is 2.90 bits per heavy atom. The summed E-state index contributed by atoms with van der Waals surface area (Å²) in [6.07, 6.45) is 2.12. The zero-order valence-corrected chi connectivity index (χ0v) is 13.0. The van der Waals surface area contributed by atoms with Crippen LogP contribution in [0.1, 0.15) is 26.2 Å². The normalized spacial score (nSPS) is 33.9. The molecule has 1 N–H and O–H groups in total. The van der Waals surface area contributed by atoms with Crippen molar-refractivity contribution < 1.29 is 17.9 Å². The summed E-state index contributed by atoms with van der Waals surface area (Å²) in [5, 5.41) is 3.12. The molecular formula is C13H24N2O4S. The number of likely N-dealkylation sites (tertiary alicyclic amines) is 1. The molecule has 0 saturated carbocycles. The smallest absolute Gasteiger partial charge is 0.224 e. The van der Waals surface area contributed by atoms with Crippen LogP contribution >= 0.6 is 0 Å². The van der Waals surface area contributed by atoms with Crippen molar-refractivity contribution in [1.82, 2.24) is 10.2 Å². The lowest BCUT2D eigenvalue weighted by molar-refractivity contribution is -0.139. The van der Waals surface area contributed by atoms with Crippen LogP contribution in [0.2, 0.25) is 0 Å². The van der Waals surface area contributed by atoms with E-state index in [0.29, 0.717) is 13.1 Å². The van der Waals surface area contributed by atoms with Crippen LogP contribution in [-0.2, 0) is 19.4 Å². The van der Waals surface area contributed by atoms with Crippen molar-refractivity contribution in [3.63, 3.8) is 0 Å². The van der Waals surface area contributed by atoms with Gasteiger partial charge in [0.05, 0.1) is 17.1 Å². The van der Waals surface area contributed by atoms with Gasteiger partial charge >= 0.3 is 0 Å². The number of ether oxygens (including phenoxy) is 1. The maximum Gasteiger partial charge on any atom is 0.224 e. The molecule has 2 fully saturated rings. The van der Waals surface area contributed by atoms with E-state index in [2.05, 4.69) is 5.32 Å². The van der Waals surface area contributed by atoms with E-state index in [9.17, 15) is 13.2 Å². The van der Waals surface area contributed by atoms with Crippen molar-refractivity contribution in [3.05, 3.63) is 0 Å². The number of carbonyl (C=O) groups is 1. The lowest BCUT2D eigenvalue weighted by Crippen LogP contribution is -2.52. The fourth-order valence-corrected chi connectivity index (χ4v) is 4.37. The molecule has 0 aromatic heterocycles. The summed E-state index contributed by atoms with van der Waals surface area (Å²) < 4.78 is 28.6. The third kappa shape index (κ3) is 3.93. The molecule has 0 aliphatic carbocycles. The molecule has 2 heterocycles. The van der Waals surface area contributed by atoms with Crippen molar-refractivity contribution in [2.75, 3.05) is 38.2 Å². The summed E-state index contributed by atoms with van der Waals surface area (Å²) >= 11 is 0. The van der Waals surface area contributed by atoms with Gasteiger partial charge < -0.3 is 15.0 Å². The van der Waals surface area contributed by atoms with E-state index in [4.69, 9.17) is 4.74 Å². The van der Waals surface area contributed by atoms with Gasteiger partial charge in [-0.15, -0.1) is 0 Å². The minimum absolute atomic E-state index is 0.0163. The quantitative estimate of drug-likeness (QED) is 0.781. The second-order valence-electron chi connectivity index (χ2n) is 6.04. The van der Waals surface area contributed by atoms with Crippen molar-refractivity contribution >= 4 is 15.7 Å². The van der Waals surface area contributed by atoms with Crippen LogP contribution in [0.4, 0.5) is 0 Å². The Morgan fingerprint density at radius 2 is 2.25 bits per heavy atom. The summed E-state index contributed by atoms with van der Waals surface area (Å²) in [4.78, 5) is 14.1. The highest BCUT2D eigenvalue weighted by atomic mass is 32.2. The number of hydrogen-bond acceptors (Lipinski definition) is 5. The number of nitrogens with one attached hydrogen (secondary N) is 1. The molecule has 1 amide bonds. The van der Waals surface area contributed by atoms with E-state index in [1.54, 1.807) is 12.0 Å². The first-order chi connectivity index (χ1) is 9.34. The van der Waals surface area contributed by atoms with Gasteiger partial charge in [0.1, 0.15) is 0 Å². The van der Waals surface area contributed by atoms with Gasteiger partial charge in [-0.25, -0.2) is 8.42 Å². The third-order valence-corrected chi connectivity index (χ3v) is 5.96. The summed E-state index contributed by atoms with van der Waals surface area (Å²) in [6, 6.07) is -0.253. The predicted octanol–water partition coefficient (Wildman–Crippen LogP) is -0.209. The number of piperidine rings is 1. The van der Waals surface area contributed by atoms with Gasteiger partial charge in [-0.3, -0.25) is 4.79 Å². The number of carbonyl (C=O) groups excluding carboxylic acids is 1. The highest BCUT2D eigenvalue weighted by Crippen LogP contribution is 2.24. The molecule has 0 bridgehead atoms. The van der Waals surface area contributed by atoms with Gasteiger partial charge in [-0.05, 0) is 19.8 Å². The standard InChI is InChI=1S/C13H24N2O4S/c1-13(19-2)4-3-6-15(10-13)12(16)8-11-9-20(17,18)7-5-14-11/h11,14H,3-10H2,1-2H3. The number of amides is 1. The SMILES string of the molecule is COC1(C)CCCN(C(=O)CC2CS(=O)(=O)CCN2)C1. The summed E-state index contributed by atoms with van der Waals surface area (Å²) in [5.74, 6) is 0.250. The Balaban J connectivity index is 1.91. The first kappa shape index (κ1) is 15.7. The fourth-order valence-electron chi connectivity index (χ4n) is 2.92. The minimum Gasteiger partial charge on any atom is -0.377 e. The zero-order chi connectivity index (χ0) is 14.8. The molecule has 7 heteroatoms. The number of methoxy groups -OCH3 is 1. The van der Waals surface area contributed by atoms with Crippen LogP contribution in [0.25, 0.3) is 0 Å². The van der Waals surface area contributed by atoms with Crippen LogP contribution in [0, 0.1) is 0 Å². The van der Waals surface area contributed by atoms with E-state index in [1.165, 1.54) is 0 Å². The van der Waals surface area contributed by atoms with Crippen molar-refractivity contribution in [1.29, 1.82) is 0 Å². The Bertz CT molecular complexity index is 465. The molecule has 0 aromatic rings. The minimum atomic E-state index is -2.99. The van der Waals surface area contributed by atoms with E-state index < -0.39 is 9.84 Å². The second-order valence-corrected chi connectivity index (χ2v) is 8.27. The molecule has 0 radical (unpaired) electrons. The molecule has 2 saturated heterocycles. The molecule has 0 spiro atoms. The molecule has 20 heavy (non-hydrogen) atoms. The Labute approximate surface area is 120 Å². The first-order valence-electron chi connectivity index (χ1n) is 7.10.